The molecule has 0 radical (unpaired) electrons. The molecule has 0 aliphatic carbocycles. The Morgan fingerprint density at radius 3 is 1.34 bits per heavy atom. The van der Waals surface area contributed by atoms with Crippen molar-refractivity contribution in [2.45, 2.75) is 35.0 Å². The number of piperazine rings is 2. The third-order valence-electron chi connectivity index (χ3n) is 10.5. The van der Waals surface area contributed by atoms with Gasteiger partial charge in [0.15, 0.2) is 10.3 Å². The zero-order chi connectivity index (χ0) is 46.6. The summed E-state index contributed by atoms with van der Waals surface area (Å²) in [6, 6.07) is 23.0. The highest BCUT2D eigenvalue weighted by molar-refractivity contribution is 7.89. The lowest BCUT2D eigenvalue weighted by atomic mass is 10.1. The van der Waals surface area contributed by atoms with Crippen molar-refractivity contribution in [3.05, 3.63) is 146 Å². The van der Waals surface area contributed by atoms with Crippen LogP contribution in [0.2, 0.25) is 5.02 Å². The van der Waals surface area contributed by atoms with Gasteiger partial charge < -0.3 is 14.5 Å². The third kappa shape index (κ3) is 12.0. The Bertz CT molecular complexity index is 2770. The minimum atomic E-state index is -4.60. The highest BCUT2D eigenvalue weighted by atomic mass is 35.5. The first kappa shape index (κ1) is 48.2. The zero-order valence-corrected chi connectivity index (χ0v) is 38.5. The zero-order valence-electron chi connectivity index (χ0n) is 34.5. The van der Waals surface area contributed by atoms with Crippen LogP contribution in [-0.2, 0) is 45.2 Å². The molecule has 0 unspecified atom stereocenters. The van der Waals surface area contributed by atoms with Crippen LogP contribution in [0, 0.1) is 0 Å². The fourth-order valence-corrected chi connectivity index (χ4v) is 11.8. The Kier molecular flexibility index (Phi) is 14.8. The Hall–Kier alpha value is -4.77. The largest absolute Gasteiger partial charge is 0.497 e. The van der Waals surface area contributed by atoms with Crippen molar-refractivity contribution in [2.75, 3.05) is 69.3 Å². The lowest BCUT2D eigenvalue weighted by Crippen LogP contribution is -2.48. The van der Waals surface area contributed by atoms with Gasteiger partial charge in [-0.05, 0) is 71.8 Å². The van der Waals surface area contributed by atoms with Crippen molar-refractivity contribution >= 4 is 64.6 Å². The number of halogens is 7. The number of anilines is 2. The van der Waals surface area contributed by atoms with Crippen LogP contribution in [-0.4, -0.2) is 94.9 Å². The van der Waals surface area contributed by atoms with E-state index in [4.69, 9.17) is 16.3 Å². The second-order valence-corrected chi connectivity index (χ2v) is 20.9. The predicted molar refractivity (Wildman–Crippen MR) is 239 cm³/mol. The summed E-state index contributed by atoms with van der Waals surface area (Å²) in [5, 5.41) is 6.21. The van der Waals surface area contributed by atoms with E-state index in [1.165, 1.54) is 43.4 Å². The molecule has 2 fully saturated rings. The molecule has 8 rings (SSSR count). The van der Waals surface area contributed by atoms with Crippen LogP contribution < -0.4 is 14.5 Å². The van der Waals surface area contributed by atoms with Gasteiger partial charge in [-0.25, -0.2) is 26.8 Å². The van der Waals surface area contributed by atoms with Crippen molar-refractivity contribution in [1.82, 2.24) is 18.6 Å². The summed E-state index contributed by atoms with van der Waals surface area (Å²) in [5.41, 5.74) is 2.06. The fraction of sp³-hybridized carbons (Fsp3) is 0.302. The number of nitrogens with zero attached hydrogens (tertiary/aromatic N) is 6. The smallest absolute Gasteiger partial charge is 0.416 e. The molecule has 0 bridgehead atoms. The maximum atomic E-state index is 13.0. The first-order valence-corrected chi connectivity index (χ1v) is 24.9. The molecule has 11 nitrogen and oxygen atoms in total. The molecule has 22 heteroatoms. The van der Waals surface area contributed by atoms with E-state index in [9.17, 15) is 43.2 Å². The fourth-order valence-electron chi connectivity index (χ4n) is 7.01. The molecule has 2 aromatic heterocycles. The monoisotopic (exact) mass is 998 g/mol. The minimum Gasteiger partial charge on any atom is -0.497 e. The van der Waals surface area contributed by atoms with E-state index >= 15 is 0 Å². The maximum absolute atomic E-state index is 13.0. The van der Waals surface area contributed by atoms with Crippen LogP contribution in [0.5, 0.6) is 5.75 Å². The van der Waals surface area contributed by atoms with E-state index in [0.717, 1.165) is 62.8 Å². The second kappa shape index (κ2) is 20.0. The van der Waals surface area contributed by atoms with Gasteiger partial charge in [0.25, 0.3) is 0 Å². The van der Waals surface area contributed by atoms with Crippen LogP contribution in [0.25, 0.3) is 0 Å². The lowest BCUT2D eigenvalue weighted by molar-refractivity contribution is -0.138. The Morgan fingerprint density at radius 2 is 0.969 bits per heavy atom. The molecular formula is C43H41ClF6N6O5S4. The van der Waals surface area contributed by atoms with Gasteiger partial charge >= 0.3 is 12.4 Å². The van der Waals surface area contributed by atoms with Gasteiger partial charge in [0.1, 0.15) is 5.75 Å². The number of aromatic nitrogens is 2. The molecule has 4 aromatic carbocycles. The Balaban J connectivity index is 0.000000194. The van der Waals surface area contributed by atoms with E-state index in [1.807, 2.05) is 69.1 Å². The molecule has 346 valence electrons. The minimum absolute atomic E-state index is 0.171. The SMILES string of the molecule is COc1ccc(Cc2csc(N3CCN(S(=O)(=O)c4cccc(C(F)(F)F)c4)CC3)n2)cc1.O=S(=O)(c1cccc(C(F)(F)F)c1)N1CCN(c2nc(Cc3ccc(Cl)cc3)cs2)CC1. The van der Waals surface area contributed by atoms with E-state index in [2.05, 4.69) is 9.97 Å². The molecule has 2 aliphatic rings. The maximum Gasteiger partial charge on any atom is 0.416 e. The van der Waals surface area contributed by atoms with Crippen LogP contribution in [0.15, 0.2) is 118 Å². The lowest BCUT2D eigenvalue weighted by Gasteiger charge is -2.33. The molecular weight excluding hydrogens is 958 g/mol. The Morgan fingerprint density at radius 1 is 0.585 bits per heavy atom. The first-order chi connectivity index (χ1) is 30.8. The number of sulfonamides is 2. The van der Waals surface area contributed by atoms with E-state index in [-0.39, 0.29) is 36.0 Å². The first-order valence-electron chi connectivity index (χ1n) is 19.9. The van der Waals surface area contributed by atoms with Crippen LogP contribution in [0.3, 0.4) is 0 Å². The van der Waals surface area contributed by atoms with Gasteiger partial charge in [-0.15, -0.1) is 22.7 Å². The number of thiazole rings is 2. The van der Waals surface area contributed by atoms with Crippen LogP contribution in [0.1, 0.15) is 33.6 Å². The van der Waals surface area contributed by atoms with Crippen LogP contribution in [0.4, 0.5) is 36.6 Å². The second-order valence-electron chi connectivity index (χ2n) is 14.9. The van der Waals surface area contributed by atoms with Gasteiger partial charge in [-0.3, -0.25) is 0 Å². The number of hydrogen-bond donors (Lipinski definition) is 0. The van der Waals surface area contributed by atoms with Gasteiger partial charge in [-0.2, -0.15) is 35.0 Å². The number of methoxy groups -OCH3 is 1. The topological polar surface area (TPSA) is 116 Å². The normalized spacial score (nSPS) is 15.7. The predicted octanol–water partition coefficient (Wildman–Crippen LogP) is 9.19. The molecule has 0 saturated carbocycles. The number of alkyl halides is 6. The van der Waals surface area contributed by atoms with Gasteiger partial charge in [0, 0.05) is 81.0 Å². The standard InChI is InChI=1S/C22H22F3N3O3S2.C21H19ClF3N3O2S2/c1-31-19-7-5-16(6-8-19)13-18-15-32-21(26-18)27-9-11-28(12-10-27)33(29,30)20-4-2-3-17(14-20)22(23,24)25;22-17-6-4-15(5-7-17)12-18-14-31-20(26-18)27-8-10-28(11-9-27)32(29,30)19-3-1-2-16(13-19)21(23,24)25/h2-8,14-15H,9-13H2,1H3;1-7,13-14H,8-12H2. The summed E-state index contributed by atoms with van der Waals surface area (Å²) < 4.78 is 137. The van der Waals surface area contributed by atoms with Crippen LogP contribution >= 0.6 is 34.3 Å². The summed E-state index contributed by atoms with van der Waals surface area (Å²) in [6.07, 6.45) is -7.86. The van der Waals surface area contributed by atoms with Gasteiger partial charge in [-0.1, -0.05) is 48.0 Å². The van der Waals surface area contributed by atoms with E-state index in [1.54, 1.807) is 7.11 Å². The third-order valence-corrected chi connectivity index (χ3v) is 16.5. The summed E-state index contributed by atoms with van der Waals surface area (Å²) in [4.78, 5) is 12.6. The highest BCUT2D eigenvalue weighted by Gasteiger charge is 2.36. The summed E-state index contributed by atoms with van der Waals surface area (Å²) in [7, 11) is -6.41. The van der Waals surface area contributed by atoms with Gasteiger partial charge in [0.2, 0.25) is 20.0 Å². The molecule has 2 saturated heterocycles. The molecule has 0 amide bonds. The van der Waals surface area contributed by atoms with Gasteiger partial charge in [0.05, 0.1) is 39.4 Å². The molecule has 65 heavy (non-hydrogen) atoms. The summed E-state index contributed by atoms with van der Waals surface area (Å²) in [5.74, 6) is 0.788. The van der Waals surface area contributed by atoms with Crippen molar-refractivity contribution < 1.29 is 47.9 Å². The average Bonchev–Trinajstić information content (AvgIpc) is 3.97. The number of benzene rings is 4. The van der Waals surface area contributed by atoms with Crippen molar-refractivity contribution in [3.8, 4) is 5.75 Å². The summed E-state index contributed by atoms with van der Waals surface area (Å²) >= 11 is 8.89. The van der Waals surface area contributed by atoms with Crippen molar-refractivity contribution in [2.24, 2.45) is 0 Å². The molecule has 4 heterocycles. The number of rotatable bonds is 11. The van der Waals surface area contributed by atoms with Crippen molar-refractivity contribution in [1.29, 1.82) is 0 Å². The molecule has 6 aromatic rings. The average molecular weight is 1000 g/mol. The molecule has 2 aliphatic heterocycles. The quantitative estimate of drug-likeness (QED) is 0.117. The summed E-state index contributed by atoms with van der Waals surface area (Å²) in [6.45, 7) is 2.33. The number of hydrogen-bond acceptors (Lipinski definition) is 11. The Labute approximate surface area is 385 Å². The molecule has 0 N–H and O–H groups in total. The van der Waals surface area contributed by atoms with E-state index in [0.29, 0.717) is 56.2 Å². The van der Waals surface area contributed by atoms with E-state index < -0.39 is 43.5 Å². The molecule has 0 spiro atoms. The highest BCUT2D eigenvalue weighted by Crippen LogP contribution is 2.34. The molecule has 0 atom stereocenters. The number of ether oxygens (including phenoxy) is 1. The van der Waals surface area contributed by atoms with Crippen molar-refractivity contribution in [3.63, 3.8) is 0 Å².